The Kier molecular flexibility index (Phi) is 3.92. The summed E-state index contributed by atoms with van der Waals surface area (Å²) in [5.41, 5.74) is 3.64. The fourth-order valence-electron chi connectivity index (χ4n) is 3.28. The second-order valence-electron chi connectivity index (χ2n) is 6.56. The molecule has 5 nitrogen and oxygen atoms in total. The average molecular weight is 336 g/mol. The van der Waals surface area contributed by atoms with Crippen LogP contribution < -0.4 is 9.75 Å². The Labute approximate surface area is 146 Å². The van der Waals surface area contributed by atoms with E-state index in [1.165, 1.54) is 24.1 Å². The molecule has 1 aliphatic heterocycles. The van der Waals surface area contributed by atoms with Gasteiger partial charge in [-0.15, -0.1) is 0 Å². The number of methoxy groups -OCH3 is 1. The van der Waals surface area contributed by atoms with Crippen LogP contribution in [0.1, 0.15) is 41.2 Å². The number of benzene rings is 2. The summed E-state index contributed by atoms with van der Waals surface area (Å²) in [7, 11) is 1.66. The van der Waals surface area contributed by atoms with Crippen molar-refractivity contribution in [1.29, 1.82) is 0 Å². The molecule has 1 N–H and O–H groups in total. The first-order valence-corrected chi connectivity index (χ1v) is 8.49. The average Bonchev–Trinajstić information content (AvgIpc) is 3.40. The van der Waals surface area contributed by atoms with Gasteiger partial charge < -0.3 is 9.84 Å². The number of hydrogen-bond acceptors (Lipinski definition) is 4. The first-order valence-electron chi connectivity index (χ1n) is 8.49. The van der Waals surface area contributed by atoms with Crippen LogP contribution in [0, 0.1) is 5.92 Å². The third kappa shape index (κ3) is 3.09. The number of rotatable bonds is 5. The predicted octanol–water partition coefficient (Wildman–Crippen LogP) is 4.11. The smallest absolute Gasteiger partial charge is 0.335 e. The Morgan fingerprint density at radius 1 is 1.12 bits per heavy atom. The normalized spacial score (nSPS) is 19.6. The molecule has 2 aromatic carbocycles. The second-order valence-corrected chi connectivity index (χ2v) is 6.56. The summed E-state index contributed by atoms with van der Waals surface area (Å²) in [6.07, 6.45) is 3.36. The lowest BCUT2D eigenvalue weighted by Gasteiger charge is -2.24. The van der Waals surface area contributed by atoms with Crippen molar-refractivity contribution in [2.24, 2.45) is 11.0 Å². The molecule has 1 atom stereocenters. The largest absolute Gasteiger partial charge is 0.497 e. The molecule has 25 heavy (non-hydrogen) atoms. The molecule has 4 rings (SSSR count). The topological polar surface area (TPSA) is 62.1 Å². The van der Waals surface area contributed by atoms with Crippen LogP contribution in [-0.4, -0.2) is 23.9 Å². The Bertz CT molecular complexity index is 808. The van der Waals surface area contributed by atoms with E-state index >= 15 is 0 Å². The quantitative estimate of drug-likeness (QED) is 0.892. The van der Waals surface area contributed by atoms with Crippen LogP contribution in [0.4, 0.5) is 5.69 Å². The Morgan fingerprint density at radius 3 is 2.36 bits per heavy atom. The van der Waals surface area contributed by atoms with Gasteiger partial charge in [-0.2, -0.15) is 5.10 Å². The van der Waals surface area contributed by atoms with Gasteiger partial charge in [-0.1, -0.05) is 12.1 Å². The van der Waals surface area contributed by atoms with Gasteiger partial charge in [0.25, 0.3) is 0 Å². The highest BCUT2D eigenvalue weighted by molar-refractivity contribution is 5.93. The van der Waals surface area contributed by atoms with E-state index in [0.29, 0.717) is 5.92 Å². The van der Waals surface area contributed by atoms with Crippen molar-refractivity contribution in [3.63, 3.8) is 0 Å². The van der Waals surface area contributed by atoms with Crippen molar-refractivity contribution in [3.8, 4) is 5.75 Å². The molecule has 128 valence electrons. The summed E-state index contributed by atoms with van der Waals surface area (Å²) >= 11 is 0. The van der Waals surface area contributed by atoms with Crippen LogP contribution in [0.25, 0.3) is 0 Å². The summed E-state index contributed by atoms with van der Waals surface area (Å²) in [4.78, 5) is 11.1. The van der Waals surface area contributed by atoms with Crippen LogP contribution >= 0.6 is 0 Å². The first-order chi connectivity index (χ1) is 12.2. The summed E-state index contributed by atoms with van der Waals surface area (Å²) < 4.78 is 5.25. The van der Waals surface area contributed by atoms with Crippen LogP contribution in [-0.2, 0) is 0 Å². The van der Waals surface area contributed by atoms with Crippen molar-refractivity contribution in [3.05, 3.63) is 59.7 Å². The SMILES string of the molecule is COc1ccc(C2CC(C3CC3)=NN2c2ccc(C(=O)O)cc2)cc1. The third-order valence-corrected chi connectivity index (χ3v) is 4.86. The number of ether oxygens (including phenoxy) is 1. The maximum absolute atomic E-state index is 11.1. The maximum Gasteiger partial charge on any atom is 0.335 e. The Hall–Kier alpha value is -2.82. The molecule has 1 aliphatic carbocycles. The number of carboxylic acids is 1. The lowest BCUT2D eigenvalue weighted by atomic mass is 9.99. The number of carboxylic acid groups (broad SMARTS) is 1. The molecule has 2 aliphatic rings. The van der Waals surface area contributed by atoms with Gasteiger partial charge in [-0.25, -0.2) is 4.79 Å². The van der Waals surface area contributed by atoms with Crippen molar-refractivity contribution >= 4 is 17.4 Å². The van der Waals surface area contributed by atoms with Crippen LogP contribution in [0.5, 0.6) is 5.75 Å². The molecule has 5 heteroatoms. The lowest BCUT2D eigenvalue weighted by Crippen LogP contribution is -2.18. The van der Waals surface area contributed by atoms with E-state index in [-0.39, 0.29) is 11.6 Å². The van der Waals surface area contributed by atoms with Gasteiger partial charge >= 0.3 is 5.97 Å². The fourth-order valence-corrected chi connectivity index (χ4v) is 3.28. The van der Waals surface area contributed by atoms with Gasteiger partial charge in [0.2, 0.25) is 0 Å². The minimum atomic E-state index is -0.915. The van der Waals surface area contributed by atoms with Crippen molar-refractivity contribution < 1.29 is 14.6 Å². The summed E-state index contributed by atoms with van der Waals surface area (Å²) in [5, 5.41) is 16.0. The predicted molar refractivity (Wildman–Crippen MR) is 96.4 cm³/mol. The molecular weight excluding hydrogens is 316 g/mol. The zero-order valence-electron chi connectivity index (χ0n) is 14.1. The Morgan fingerprint density at radius 2 is 1.80 bits per heavy atom. The van der Waals surface area contributed by atoms with E-state index in [2.05, 4.69) is 12.1 Å². The van der Waals surface area contributed by atoms with Gasteiger partial charge in [0, 0.05) is 12.1 Å². The van der Waals surface area contributed by atoms with E-state index in [0.717, 1.165) is 17.9 Å². The molecule has 0 spiro atoms. The number of nitrogens with zero attached hydrogens (tertiary/aromatic N) is 2. The minimum absolute atomic E-state index is 0.136. The number of anilines is 1. The number of carbonyl (C=O) groups is 1. The standard InChI is InChI=1S/C20H20N2O3/c1-25-17-10-6-14(7-11-17)19-12-18(13-2-3-13)21-22(19)16-8-4-15(5-9-16)20(23)24/h4-11,13,19H,2-3,12H2,1H3,(H,23,24). The van der Waals surface area contributed by atoms with E-state index in [1.807, 2.05) is 29.3 Å². The molecule has 0 bridgehead atoms. The van der Waals surface area contributed by atoms with E-state index in [1.54, 1.807) is 19.2 Å². The van der Waals surface area contributed by atoms with Gasteiger partial charge in [0.15, 0.2) is 0 Å². The van der Waals surface area contributed by atoms with Crippen LogP contribution in [0.2, 0.25) is 0 Å². The molecule has 0 amide bonds. The highest BCUT2D eigenvalue weighted by Crippen LogP contribution is 2.42. The molecule has 1 fully saturated rings. The zero-order chi connectivity index (χ0) is 17.4. The maximum atomic E-state index is 11.1. The molecule has 1 saturated carbocycles. The van der Waals surface area contributed by atoms with Gasteiger partial charge in [-0.05, 0) is 60.7 Å². The first kappa shape index (κ1) is 15.7. The second kappa shape index (κ2) is 6.24. The third-order valence-electron chi connectivity index (χ3n) is 4.86. The zero-order valence-corrected chi connectivity index (χ0v) is 14.1. The summed E-state index contributed by atoms with van der Waals surface area (Å²) in [5.74, 6) is 0.535. The molecule has 0 saturated heterocycles. The number of aromatic carboxylic acids is 1. The minimum Gasteiger partial charge on any atom is -0.497 e. The van der Waals surface area contributed by atoms with Crippen molar-refractivity contribution in [1.82, 2.24) is 0 Å². The van der Waals surface area contributed by atoms with E-state index in [9.17, 15) is 4.79 Å². The van der Waals surface area contributed by atoms with Gasteiger partial charge in [0.05, 0.1) is 24.4 Å². The van der Waals surface area contributed by atoms with Crippen LogP contribution in [0.15, 0.2) is 53.6 Å². The van der Waals surface area contributed by atoms with Gasteiger partial charge in [-0.3, -0.25) is 5.01 Å². The van der Waals surface area contributed by atoms with Crippen molar-refractivity contribution in [2.75, 3.05) is 12.1 Å². The summed E-state index contributed by atoms with van der Waals surface area (Å²) in [6, 6.07) is 15.2. The number of hydrogen-bond donors (Lipinski definition) is 1. The van der Waals surface area contributed by atoms with Gasteiger partial charge in [0.1, 0.15) is 5.75 Å². The molecule has 0 radical (unpaired) electrons. The summed E-state index contributed by atoms with van der Waals surface area (Å²) in [6.45, 7) is 0. The molecule has 1 unspecified atom stereocenters. The highest BCUT2D eigenvalue weighted by atomic mass is 16.5. The van der Waals surface area contributed by atoms with Crippen molar-refractivity contribution in [2.45, 2.75) is 25.3 Å². The van der Waals surface area contributed by atoms with E-state index < -0.39 is 5.97 Å². The fraction of sp³-hybridized carbons (Fsp3) is 0.300. The Balaban J connectivity index is 1.66. The molecule has 2 aromatic rings. The lowest BCUT2D eigenvalue weighted by molar-refractivity contribution is 0.0697. The highest BCUT2D eigenvalue weighted by Gasteiger charge is 2.37. The monoisotopic (exact) mass is 336 g/mol. The molecule has 1 heterocycles. The molecule has 0 aromatic heterocycles. The van der Waals surface area contributed by atoms with E-state index in [4.69, 9.17) is 14.9 Å². The number of hydrazone groups is 1. The van der Waals surface area contributed by atoms with Crippen LogP contribution in [0.3, 0.4) is 0 Å². The molecular formula is C20H20N2O3.